The lowest BCUT2D eigenvalue weighted by Crippen LogP contribution is -2.53. The zero-order valence-electron chi connectivity index (χ0n) is 9.20. The number of nitrogens with zero attached hydrogens (tertiary/aromatic N) is 2. The minimum absolute atomic E-state index is 0.0269. The van der Waals surface area contributed by atoms with Crippen LogP contribution in [0.15, 0.2) is 0 Å². The third kappa shape index (κ3) is 3.19. The van der Waals surface area contributed by atoms with Gasteiger partial charge in [-0.2, -0.15) is 0 Å². The number of carbonyl (C=O) groups excluding carboxylic acids is 2. The van der Waals surface area contributed by atoms with Crippen molar-refractivity contribution in [2.45, 2.75) is 13.3 Å². The first kappa shape index (κ1) is 12.5. The smallest absolute Gasteiger partial charge is 0.242 e. The minimum Gasteiger partial charge on any atom is -0.335 e. The highest BCUT2D eigenvalue weighted by Crippen LogP contribution is 2.11. The van der Waals surface area contributed by atoms with Crippen molar-refractivity contribution in [3.05, 3.63) is 0 Å². The summed E-state index contributed by atoms with van der Waals surface area (Å²) in [5.74, 6) is 0.515. The number of halogens is 1. The number of hydrogen-bond acceptors (Lipinski definition) is 2. The summed E-state index contributed by atoms with van der Waals surface area (Å²) in [6, 6.07) is 0. The van der Waals surface area contributed by atoms with Crippen LogP contribution in [0.4, 0.5) is 0 Å². The maximum Gasteiger partial charge on any atom is 0.242 e. The van der Waals surface area contributed by atoms with E-state index < -0.39 is 0 Å². The van der Waals surface area contributed by atoms with E-state index in [1.807, 2.05) is 0 Å². The molecule has 1 aliphatic heterocycles. The molecule has 86 valence electrons. The third-order valence-electron chi connectivity index (χ3n) is 2.75. The maximum absolute atomic E-state index is 11.6. The molecule has 0 spiro atoms. The summed E-state index contributed by atoms with van der Waals surface area (Å²) in [5.41, 5.74) is 0. The Balaban J connectivity index is 2.54. The van der Waals surface area contributed by atoms with Crippen LogP contribution in [0, 0.1) is 5.92 Å². The average molecular weight is 277 g/mol. The van der Waals surface area contributed by atoms with Gasteiger partial charge in [-0.15, -0.1) is 0 Å². The number of alkyl halides is 1. The molecule has 1 heterocycles. The first-order valence-electron chi connectivity index (χ1n) is 5.16. The van der Waals surface area contributed by atoms with Gasteiger partial charge in [0.05, 0.1) is 13.1 Å². The second-order valence-corrected chi connectivity index (χ2v) is 4.60. The molecule has 15 heavy (non-hydrogen) atoms. The van der Waals surface area contributed by atoms with Crippen LogP contribution in [-0.2, 0) is 9.59 Å². The minimum atomic E-state index is 0.0269. The van der Waals surface area contributed by atoms with E-state index in [2.05, 4.69) is 22.9 Å². The van der Waals surface area contributed by atoms with Gasteiger partial charge in [-0.25, -0.2) is 0 Å². The predicted octanol–water partition coefficient (Wildman–Crippen LogP) is 0.708. The second kappa shape index (κ2) is 5.49. The Labute approximate surface area is 98.7 Å². The zero-order chi connectivity index (χ0) is 11.4. The first-order valence-corrected chi connectivity index (χ1v) is 6.28. The molecule has 0 N–H and O–H groups in total. The van der Waals surface area contributed by atoms with E-state index >= 15 is 0 Å². The summed E-state index contributed by atoms with van der Waals surface area (Å²) in [4.78, 5) is 26.2. The number of piperazine rings is 1. The lowest BCUT2D eigenvalue weighted by Gasteiger charge is -2.33. The van der Waals surface area contributed by atoms with E-state index in [1.165, 1.54) is 4.90 Å². The SMILES string of the molecule is CCC(CBr)CN1CC(=O)N(C)CC1=O. The van der Waals surface area contributed by atoms with Crippen molar-refractivity contribution in [3.8, 4) is 0 Å². The number of carbonyl (C=O) groups is 2. The van der Waals surface area contributed by atoms with Crippen LogP contribution in [0.25, 0.3) is 0 Å². The molecule has 2 amide bonds. The van der Waals surface area contributed by atoms with Gasteiger partial charge in [-0.3, -0.25) is 9.59 Å². The van der Waals surface area contributed by atoms with E-state index in [9.17, 15) is 9.59 Å². The van der Waals surface area contributed by atoms with E-state index in [1.54, 1.807) is 11.9 Å². The van der Waals surface area contributed by atoms with Gasteiger partial charge in [0.2, 0.25) is 11.8 Å². The Hall–Kier alpha value is -0.580. The summed E-state index contributed by atoms with van der Waals surface area (Å²) in [5, 5.41) is 0.872. The van der Waals surface area contributed by atoms with Gasteiger partial charge >= 0.3 is 0 Å². The van der Waals surface area contributed by atoms with Crippen LogP contribution in [0.5, 0.6) is 0 Å². The molecule has 1 rings (SSSR count). The summed E-state index contributed by atoms with van der Waals surface area (Å²) < 4.78 is 0. The standard InChI is InChI=1S/C10H17BrN2O2/c1-3-8(4-11)5-13-7-9(14)12(2)6-10(13)15/h8H,3-7H2,1-2H3. The predicted molar refractivity (Wildman–Crippen MR) is 61.8 cm³/mol. The van der Waals surface area contributed by atoms with Gasteiger partial charge in [-0.1, -0.05) is 29.3 Å². The first-order chi connectivity index (χ1) is 7.08. The number of likely N-dealkylation sites (N-methyl/N-ethyl adjacent to an activating group) is 1. The molecule has 4 nitrogen and oxygen atoms in total. The summed E-state index contributed by atoms with van der Waals surface area (Å²) >= 11 is 3.42. The lowest BCUT2D eigenvalue weighted by molar-refractivity contribution is -0.149. The topological polar surface area (TPSA) is 40.6 Å². The maximum atomic E-state index is 11.6. The molecular formula is C10H17BrN2O2. The highest BCUT2D eigenvalue weighted by molar-refractivity contribution is 9.09. The summed E-state index contributed by atoms with van der Waals surface area (Å²) in [6.45, 7) is 3.23. The Bertz CT molecular complexity index is 254. The molecule has 1 unspecified atom stereocenters. The number of rotatable bonds is 4. The molecule has 1 saturated heterocycles. The molecule has 1 fully saturated rings. The van der Waals surface area contributed by atoms with E-state index in [4.69, 9.17) is 0 Å². The molecule has 5 heteroatoms. The fraction of sp³-hybridized carbons (Fsp3) is 0.800. The van der Waals surface area contributed by atoms with Crippen molar-refractivity contribution in [2.75, 3.05) is 32.0 Å². The van der Waals surface area contributed by atoms with Crippen molar-refractivity contribution >= 4 is 27.7 Å². The molecule has 0 saturated carbocycles. The van der Waals surface area contributed by atoms with Crippen molar-refractivity contribution in [2.24, 2.45) is 5.92 Å². The van der Waals surface area contributed by atoms with Crippen LogP contribution in [-0.4, -0.2) is 53.6 Å². The van der Waals surface area contributed by atoms with Crippen LogP contribution in [0.2, 0.25) is 0 Å². The van der Waals surface area contributed by atoms with E-state index in [0.29, 0.717) is 12.5 Å². The van der Waals surface area contributed by atoms with Gasteiger partial charge < -0.3 is 9.80 Å². The molecule has 0 aromatic heterocycles. The quantitative estimate of drug-likeness (QED) is 0.710. The highest BCUT2D eigenvalue weighted by Gasteiger charge is 2.28. The average Bonchev–Trinajstić information content (AvgIpc) is 2.21. The normalized spacial score (nSPS) is 19.7. The van der Waals surface area contributed by atoms with Crippen LogP contribution < -0.4 is 0 Å². The molecule has 1 atom stereocenters. The molecule has 0 aromatic carbocycles. The molecule has 0 aliphatic carbocycles. The number of amides is 2. The Morgan fingerprint density at radius 1 is 1.33 bits per heavy atom. The van der Waals surface area contributed by atoms with Crippen molar-refractivity contribution in [3.63, 3.8) is 0 Å². The van der Waals surface area contributed by atoms with Crippen molar-refractivity contribution in [1.82, 2.24) is 9.80 Å². The molecular weight excluding hydrogens is 260 g/mol. The lowest BCUT2D eigenvalue weighted by atomic mass is 10.1. The summed E-state index contributed by atoms with van der Waals surface area (Å²) in [7, 11) is 1.67. The molecule has 0 bridgehead atoms. The second-order valence-electron chi connectivity index (χ2n) is 3.95. The highest BCUT2D eigenvalue weighted by atomic mass is 79.9. The fourth-order valence-corrected chi connectivity index (χ4v) is 2.19. The van der Waals surface area contributed by atoms with Gasteiger partial charge in [0.1, 0.15) is 0 Å². The monoisotopic (exact) mass is 276 g/mol. The van der Waals surface area contributed by atoms with Gasteiger partial charge in [0.25, 0.3) is 0 Å². The van der Waals surface area contributed by atoms with Crippen molar-refractivity contribution < 1.29 is 9.59 Å². The van der Waals surface area contributed by atoms with Gasteiger partial charge in [0, 0.05) is 18.9 Å². The van der Waals surface area contributed by atoms with E-state index in [0.717, 1.165) is 11.8 Å². The number of hydrogen-bond donors (Lipinski definition) is 0. The third-order valence-corrected chi connectivity index (χ3v) is 3.67. The largest absolute Gasteiger partial charge is 0.335 e. The van der Waals surface area contributed by atoms with Gasteiger partial charge in [-0.05, 0) is 5.92 Å². The van der Waals surface area contributed by atoms with Crippen LogP contribution in [0.1, 0.15) is 13.3 Å². The molecule has 0 radical (unpaired) electrons. The van der Waals surface area contributed by atoms with Crippen LogP contribution in [0.3, 0.4) is 0 Å². The van der Waals surface area contributed by atoms with Crippen molar-refractivity contribution in [1.29, 1.82) is 0 Å². The Kier molecular flexibility index (Phi) is 4.57. The van der Waals surface area contributed by atoms with Crippen LogP contribution >= 0.6 is 15.9 Å². The zero-order valence-corrected chi connectivity index (χ0v) is 10.8. The van der Waals surface area contributed by atoms with Gasteiger partial charge in [0.15, 0.2) is 0 Å². The molecule has 1 aliphatic rings. The Morgan fingerprint density at radius 2 is 2.00 bits per heavy atom. The fourth-order valence-electron chi connectivity index (χ4n) is 1.53. The van der Waals surface area contributed by atoms with E-state index in [-0.39, 0.29) is 24.9 Å². The Morgan fingerprint density at radius 3 is 2.53 bits per heavy atom. The summed E-state index contributed by atoms with van der Waals surface area (Å²) in [6.07, 6.45) is 1.01. The molecule has 0 aromatic rings.